The zero-order chi connectivity index (χ0) is 12.3. The Morgan fingerprint density at radius 3 is 2.31 bits per heavy atom. The average Bonchev–Trinajstić information content (AvgIpc) is 2.23. The van der Waals surface area contributed by atoms with Gasteiger partial charge in [0.05, 0.1) is 0 Å². The molecule has 0 radical (unpaired) electrons. The highest BCUT2D eigenvalue weighted by Gasteiger charge is 2.03. The lowest BCUT2D eigenvalue weighted by atomic mass is 10.00. The van der Waals surface area contributed by atoms with Gasteiger partial charge in [-0.2, -0.15) is 0 Å². The first-order chi connectivity index (χ1) is 7.45. The third kappa shape index (κ3) is 2.75. The molecule has 1 aromatic rings. The third-order valence-corrected chi connectivity index (χ3v) is 2.99. The fourth-order valence-corrected chi connectivity index (χ4v) is 1.59. The van der Waals surface area contributed by atoms with E-state index in [-0.39, 0.29) is 0 Å². The summed E-state index contributed by atoms with van der Waals surface area (Å²) in [6.45, 7) is 10.2. The molecule has 0 atom stereocenters. The van der Waals surface area contributed by atoms with Crippen LogP contribution in [0.15, 0.2) is 29.4 Å². The predicted molar refractivity (Wildman–Crippen MR) is 70.7 cm³/mol. The van der Waals surface area contributed by atoms with Crippen molar-refractivity contribution < 1.29 is 5.11 Å². The van der Waals surface area contributed by atoms with Crippen LogP contribution >= 0.6 is 0 Å². The van der Waals surface area contributed by atoms with Crippen molar-refractivity contribution >= 4 is 6.08 Å². The minimum Gasteiger partial charge on any atom is -0.508 e. The van der Waals surface area contributed by atoms with Crippen LogP contribution in [0, 0.1) is 13.8 Å². The van der Waals surface area contributed by atoms with Gasteiger partial charge in [0.25, 0.3) is 0 Å². The first-order valence-corrected chi connectivity index (χ1v) is 5.57. The fourth-order valence-electron chi connectivity index (χ4n) is 1.59. The maximum atomic E-state index is 9.75. The molecule has 1 aromatic carbocycles. The molecular weight excluding hydrogens is 196 g/mol. The lowest BCUT2D eigenvalue weighted by Crippen LogP contribution is -1.87. The highest BCUT2D eigenvalue weighted by molar-refractivity contribution is 5.63. The van der Waals surface area contributed by atoms with Crippen molar-refractivity contribution in [2.75, 3.05) is 0 Å². The molecule has 86 valence electrons. The first-order valence-electron chi connectivity index (χ1n) is 5.57. The number of phenols is 1. The Morgan fingerprint density at radius 1 is 1.12 bits per heavy atom. The van der Waals surface area contributed by atoms with Crippen LogP contribution in [0.4, 0.5) is 0 Å². The summed E-state index contributed by atoms with van der Waals surface area (Å²) in [4.78, 5) is 0. The molecule has 0 aliphatic rings. The quantitative estimate of drug-likeness (QED) is 0.727. The summed E-state index contributed by atoms with van der Waals surface area (Å²) >= 11 is 0. The first kappa shape index (κ1) is 12.6. The van der Waals surface area contributed by atoms with Crippen molar-refractivity contribution in [1.29, 1.82) is 0 Å². The van der Waals surface area contributed by atoms with E-state index >= 15 is 0 Å². The predicted octanol–water partition coefficient (Wildman–Crippen LogP) is 4.38. The molecule has 0 aromatic heterocycles. The van der Waals surface area contributed by atoms with Crippen LogP contribution in [-0.2, 0) is 0 Å². The zero-order valence-corrected chi connectivity index (χ0v) is 10.8. The van der Waals surface area contributed by atoms with Crippen molar-refractivity contribution in [2.45, 2.75) is 34.6 Å². The maximum absolute atomic E-state index is 9.75. The Bertz CT molecular complexity index is 451. The molecule has 0 bridgehead atoms. The van der Waals surface area contributed by atoms with Crippen LogP contribution in [0.2, 0.25) is 0 Å². The number of rotatable bonds is 2. The summed E-state index contributed by atoms with van der Waals surface area (Å²) in [5.41, 5.74) is 5.61. The summed E-state index contributed by atoms with van der Waals surface area (Å²) in [7, 11) is 0. The number of hydrogen-bond donors (Lipinski definition) is 1. The van der Waals surface area contributed by atoms with Gasteiger partial charge < -0.3 is 5.11 Å². The van der Waals surface area contributed by atoms with E-state index in [1.165, 1.54) is 11.1 Å². The van der Waals surface area contributed by atoms with Gasteiger partial charge in [0.2, 0.25) is 0 Å². The number of aryl methyl sites for hydroxylation is 1. The van der Waals surface area contributed by atoms with E-state index in [1.807, 2.05) is 20.8 Å². The van der Waals surface area contributed by atoms with Crippen molar-refractivity contribution in [3.8, 4) is 5.75 Å². The number of aromatic hydroxyl groups is 1. The molecule has 1 N–H and O–H groups in total. The monoisotopic (exact) mass is 216 g/mol. The van der Waals surface area contributed by atoms with E-state index in [0.717, 1.165) is 16.7 Å². The van der Waals surface area contributed by atoms with Gasteiger partial charge in [-0.3, -0.25) is 0 Å². The second-order valence-electron chi connectivity index (χ2n) is 4.30. The Kier molecular flexibility index (Phi) is 3.94. The van der Waals surface area contributed by atoms with Gasteiger partial charge in [0.1, 0.15) is 5.75 Å². The van der Waals surface area contributed by atoms with Gasteiger partial charge in [0.15, 0.2) is 0 Å². The Hall–Kier alpha value is -1.50. The Labute approximate surface area is 98.1 Å². The smallest absolute Gasteiger partial charge is 0.119 e. The lowest BCUT2D eigenvalue weighted by Gasteiger charge is -2.07. The van der Waals surface area contributed by atoms with Crippen LogP contribution in [0.5, 0.6) is 5.75 Å². The molecule has 0 unspecified atom stereocenters. The Morgan fingerprint density at radius 2 is 1.75 bits per heavy atom. The molecule has 0 saturated heterocycles. The standard InChI is InChI=1S/C15H20O/c1-6-11(3)12(4)9-14-7-10(2)8-15(16)13(14)5/h6-9,16H,1-5H3/b11-6+,12-9+. The van der Waals surface area contributed by atoms with Crippen molar-refractivity contribution in [3.05, 3.63) is 46.0 Å². The minimum absolute atomic E-state index is 0.372. The SMILES string of the molecule is C/C=C(C)/C(C)=C/c1cc(C)cc(O)c1C. The molecule has 0 aliphatic carbocycles. The van der Waals surface area contributed by atoms with Crippen LogP contribution in [0.25, 0.3) is 6.08 Å². The van der Waals surface area contributed by atoms with E-state index in [0.29, 0.717) is 5.75 Å². The van der Waals surface area contributed by atoms with E-state index in [2.05, 4.69) is 32.1 Å². The molecule has 1 rings (SSSR count). The van der Waals surface area contributed by atoms with Crippen molar-refractivity contribution in [3.63, 3.8) is 0 Å². The largest absolute Gasteiger partial charge is 0.508 e. The van der Waals surface area contributed by atoms with E-state index < -0.39 is 0 Å². The molecule has 0 aliphatic heterocycles. The summed E-state index contributed by atoms with van der Waals surface area (Å²) < 4.78 is 0. The number of hydrogen-bond acceptors (Lipinski definition) is 1. The molecule has 0 amide bonds. The number of benzene rings is 1. The lowest BCUT2D eigenvalue weighted by molar-refractivity contribution is 0.470. The molecule has 16 heavy (non-hydrogen) atoms. The highest BCUT2D eigenvalue weighted by Crippen LogP contribution is 2.25. The van der Waals surface area contributed by atoms with Gasteiger partial charge >= 0.3 is 0 Å². The van der Waals surface area contributed by atoms with Crippen molar-refractivity contribution in [1.82, 2.24) is 0 Å². The van der Waals surface area contributed by atoms with Crippen LogP contribution in [-0.4, -0.2) is 5.11 Å². The molecule has 0 fully saturated rings. The summed E-state index contributed by atoms with van der Waals surface area (Å²) in [5.74, 6) is 0.372. The molecule has 0 spiro atoms. The second-order valence-corrected chi connectivity index (χ2v) is 4.30. The van der Waals surface area contributed by atoms with Gasteiger partial charge in [0, 0.05) is 0 Å². The topological polar surface area (TPSA) is 20.2 Å². The molecule has 0 saturated carbocycles. The van der Waals surface area contributed by atoms with Crippen LogP contribution in [0.3, 0.4) is 0 Å². The van der Waals surface area contributed by atoms with Crippen LogP contribution in [0.1, 0.15) is 37.5 Å². The maximum Gasteiger partial charge on any atom is 0.119 e. The highest BCUT2D eigenvalue weighted by atomic mass is 16.3. The number of phenolic OH excluding ortho intramolecular Hbond substituents is 1. The molecular formula is C15H20O. The summed E-state index contributed by atoms with van der Waals surface area (Å²) in [6, 6.07) is 3.89. The van der Waals surface area contributed by atoms with Gasteiger partial charge in [-0.1, -0.05) is 23.8 Å². The molecule has 1 heteroatoms. The molecule has 0 heterocycles. The third-order valence-electron chi connectivity index (χ3n) is 2.99. The number of allylic oxidation sites excluding steroid dienone is 3. The van der Waals surface area contributed by atoms with Crippen molar-refractivity contribution in [2.24, 2.45) is 0 Å². The second kappa shape index (κ2) is 5.02. The minimum atomic E-state index is 0.372. The van der Waals surface area contributed by atoms with Gasteiger partial charge in [-0.05, 0) is 62.9 Å². The van der Waals surface area contributed by atoms with Gasteiger partial charge in [-0.15, -0.1) is 0 Å². The van der Waals surface area contributed by atoms with Crippen LogP contribution < -0.4 is 0 Å². The fraction of sp³-hybridized carbons (Fsp3) is 0.333. The van der Waals surface area contributed by atoms with Gasteiger partial charge in [-0.25, -0.2) is 0 Å². The van der Waals surface area contributed by atoms with E-state index in [4.69, 9.17) is 0 Å². The summed E-state index contributed by atoms with van der Waals surface area (Å²) in [5, 5.41) is 9.75. The zero-order valence-electron chi connectivity index (χ0n) is 10.8. The average molecular weight is 216 g/mol. The Balaban J connectivity index is 3.25. The molecule has 1 nitrogen and oxygen atoms in total. The summed E-state index contributed by atoms with van der Waals surface area (Å²) in [6.07, 6.45) is 4.22. The van der Waals surface area contributed by atoms with E-state index in [9.17, 15) is 5.11 Å². The normalized spacial score (nSPS) is 13.1. The van der Waals surface area contributed by atoms with E-state index in [1.54, 1.807) is 6.07 Å².